The Bertz CT molecular complexity index is 1430. The van der Waals surface area contributed by atoms with Gasteiger partial charge in [-0.05, 0) is 47.5 Å². The third-order valence-electron chi connectivity index (χ3n) is 6.37. The number of para-hydroxylation sites is 1. The largest absolute Gasteiger partial charge is 0.508 e. The van der Waals surface area contributed by atoms with E-state index < -0.39 is 12.2 Å². The van der Waals surface area contributed by atoms with Crippen LogP contribution in [0.4, 0.5) is 0 Å². The average Bonchev–Trinajstić information content (AvgIpc) is 2.91. The molecule has 0 saturated heterocycles. The Morgan fingerprint density at radius 2 is 1.30 bits per heavy atom. The second-order valence-corrected chi connectivity index (χ2v) is 8.76. The smallest absolute Gasteiger partial charge is 0.211 e. The molecule has 0 aliphatic carbocycles. The molecular formula is C30H24O7. The third-order valence-corrected chi connectivity index (χ3v) is 6.37. The number of aliphatic hydroxyl groups is 1. The van der Waals surface area contributed by atoms with Crippen molar-refractivity contribution in [2.24, 2.45) is 0 Å². The van der Waals surface area contributed by atoms with Crippen molar-refractivity contribution in [3.63, 3.8) is 0 Å². The van der Waals surface area contributed by atoms with Gasteiger partial charge < -0.3 is 24.8 Å². The van der Waals surface area contributed by atoms with Crippen LogP contribution < -0.4 is 9.47 Å². The number of hydrogen-bond donors (Lipinski definition) is 3. The molecule has 7 nitrogen and oxygen atoms in total. The number of hydrogen-bond acceptors (Lipinski definition) is 7. The summed E-state index contributed by atoms with van der Waals surface area (Å²) in [6.07, 6.45) is -1.33. The first-order valence-corrected chi connectivity index (χ1v) is 11.7. The van der Waals surface area contributed by atoms with Crippen LogP contribution in [0.2, 0.25) is 0 Å². The molecule has 7 heteroatoms. The van der Waals surface area contributed by atoms with E-state index in [-0.39, 0.29) is 34.7 Å². The first kappa shape index (κ1) is 24.1. The summed E-state index contributed by atoms with van der Waals surface area (Å²) < 4.78 is 10.9. The number of Topliss-reactive ketones (excluding diaryl/α,β-unsaturated/α-hetero) is 2. The van der Waals surface area contributed by atoms with Crippen LogP contribution in [-0.4, -0.2) is 39.8 Å². The zero-order chi connectivity index (χ0) is 25.9. The van der Waals surface area contributed by atoms with Gasteiger partial charge in [-0.3, -0.25) is 9.59 Å². The molecule has 0 radical (unpaired) electrons. The Morgan fingerprint density at radius 1 is 0.649 bits per heavy atom. The molecule has 3 N–H and O–H groups in total. The number of fused-ring (bicyclic) bond motifs is 2. The van der Waals surface area contributed by atoms with E-state index in [2.05, 4.69) is 0 Å². The molecule has 0 saturated carbocycles. The fourth-order valence-electron chi connectivity index (χ4n) is 4.47. The summed E-state index contributed by atoms with van der Waals surface area (Å²) in [4.78, 5) is 24.8. The molecule has 3 unspecified atom stereocenters. The summed E-state index contributed by atoms with van der Waals surface area (Å²) in [6, 6.07) is 27.4. The Kier molecular flexibility index (Phi) is 6.62. The Labute approximate surface area is 213 Å². The van der Waals surface area contributed by atoms with Crippen molar-refractivity contribution in [3.05, 3.63) is 119 Å². The number of aliphatic hydroxyl groups excluding tert-OH is 1. The Balaban J connectivity index is 0.000000153. The number of carbonyl (C=O) groups excluding carboxylic acids is 2. The van der Waals surface area contributed by atoms with Crippen LogP contribution in [0.1, 0.15) is 43.7 Å². The summed E-state index contributed by atoms with van der Waals surface area (Å²) in [5, 5.41) is 28.7. The second-order valence-electron chi connectivity index (χ2n) is 8.76. The molecular weight excluding hydrogens is 472 g/mol. The highest BCUT2D eigenvalue weighted by Gasteiger charge is 2.37. The molecule has 3 atom stereocenters. The van der Waals surface area contributed by atoms with Gasteiger partial charge in [0.25, 0.3) is 0 Å². The van der Waals surface area contributed by atoms with E-state index in [0.717, 1.165) is 5.56 Å². The molecule has 186 valence electrons. The summed E-state index contributed by atoms with van der Waals surface area (Å²) >= 11 is 0. The normalized spacial score (nSPS) is 19.9. The molecule has 2 aliphatic rings. The molecule has 0 aromatic heterocycles. The maximum Gasteiger partial charge on any atom is 0.211 e. The molecule has 4 aromatic carbocycles. The van der Waals surface area contributed by atoms with Crippen LogP contribution in [0.5, 0.6) is 23.0 Å². The van der Waals surface area contributed by atoms with Gasteiger partial charge in [0.15, 0.2) is 11.6 Å². The molecule has 2 heterocycles. The van der Waals surface area contributed by atoms with E-state index in [4.69, 9.17) is 9.47 Å². The molecule has 37 heavy (non-hydrogen) atoms. The van der Waals surface area contributed by atoms with Crippen molar-refractivity contribution in [2.45, 2.75) is 18.1 Å². The summed E-state index contributed by atoms with van der Waals surface area (Å²) in [5.74, 6) is -0.256. The van der Waals surface area contributed by atoms with Crippen molar-refractivity contribution < 1.29 is 34.4 Å². The second kappa shape index (κ2) is 10.2. The van der Waals surface area contributed by atoms with E-state index >= 15 is 0 Å². The fourth-order valence-corrected chi connectivity index (χ4v) is 4.47. The first-order chi connectivity index (χ1) is 17.9. The zero-order valence-electron chi connectivity index (χ0n) is 19.7. The quantitative estimate of drug-likeness (QED) is 0.365. The SMILES string of the molecule is O=C1c2ccc(O)cc2OC(O)C1c1ccc(O)cc1.O=C1c2ccccc2OCC1c1ccccc1. The highest BCUT2D eigenvalue weighted by molar-refractivity contribution is 6.05. The van der Waals surface area contributed by atoms with Crippen LogP contribution in [0.3, 0.4) is 0 Å². The minimum Gasteiger partial charge on any atom is -0.508 e. The zero-order valence-corrected chi connectivity index (χ0v) is 19.7. The van der Waals surface area contributed by atoms with Gasteiger partial charge in [0.2, 0.25) is 6.29 Å². The standard InChI is InChI=1S/C15H12O5.C15H12O2/c16-9-3-1-8(2-4-9)13-14(18)11-6-5-10(17)7-12(11)20-15(13)19;16-15-12-8-4-5-9-14(12)17-10-13(15)11-6-2-1-3-7-11/h1-7,13,15-17,19H;1-9,13H,10H2. The van der Waals surface area contributed by atoms with Crippen molar-refractivity contribution in [3.8, 4) is 23.0 Å². The summed E-state index contributed by atoms with van der Waals surface area (Å²) in [6.45, 7) is 0.430. The summed E-state index contributed by atoms with van der Waals surface area (Å²) in [5.41, 5.74) is 2.57. The van der Waals surface area contributed by atoms with Crippen molar-refractivity contribution in [1.29, 1.82) is 0 Å². The van der Waals surface area contributed by atoms with Crippen LogP contribution in [-0.2, 0) is 0 Å². The van der Waals surface area contributed by atoms with E-state index in [1.807, 2.05) is 54.6 Å². The average molecular weight is 497 g/mol. The number of carbonyl (C=O) groups is 2. The molecule has 2 aliphatic heterocycles. The predicted molar refractivity (Wildman–Crippen MR) is 135 cm³/mol. The molecule has 0 bridgehead atoms. The highest BCUT2D eigenvalue weighted by Crippen LogP contribution is 2.37. The predicted octanol–water partition coefficient (Wildman–Crippen LogP) is 4.82. The number of ether oxygens (including phenoxy) is 2. The molecule has 6 rings (SSSR count). The molecule has 0 spiro atoms. The topological polar surface area (TPSA) is 113 Å². The van der Waals surface area contributed by atoms with E-state index in [9.17, 15) is 24.9 Å². The van der Waals surface area contributed by atoms with Gasteiger partial charge in [-0.15, -0.1) is 0 Å². The first-order valence-electron chi connectivity index (χ1n) is 11.7. The lowest BCUT2D eigenvalue weighted by Gasteiger charge is -2.29. The van der Waals surface area contributed by atoms with Crippen LogP contribution in [0.25, 0.3) is 0 Å². The van der Waals surface area contributed by atoms with Crippen LogP contribution in [0.15, 0.2) is 97.1 Å². The number of phenolic OH excluding ortho intramolecular Hbond substituents is 2. The van der Waals surface area contributed by atoms with E-state index in [0.29, 0.717) is 29.0 Å². The third kappa shape index (κ3) is 4.90. The van der Waals surface area contributed by atoms with Crippen molar-refractivity contribution in [1.82, 2.24) is 0 Å². The minimum atomic E-state index is -1.33. The van der Waals surface area contributed by atoms with Gasteiger partial charge in [-0.1, -0.05) is 54.6 Å². The molecule has 0 amide bonds. The number of ketones is 2. The van der Waals surface area contributed by atoms with E-state index in [1.165, 1.54) is 30.3 Å². The lowest BCUT2D eigenvalue weighted by Crippen LogP contribution is -2.35. The number of benzene rings is 4. The van der Waals surface area contributed by atoms with Crippen LogP contribution >= 0.6 is 0 Å². The number of aromatic hydroxyl groups is 2. The summed E-state index contributed by atoms with van der Waals surface area (Å²) in [7, 11) is 0. The Hall–Kier alpha value is -4.62. The van der Waals surface area contributed by atoms with Crippen molar-refractivity contribution >= 4 is 11.6 Å². The maximum atomic E-state index is 12.4. The van der Waals surface area contributed by atoms with Gasteiger partial charge in [0, 0.05) is 6.07 Å². The Morgan fingerprint density at radius 3 is 2.05 bits per heavy atom. The maximum absolute atomic E-state index is 12.4. The molecule has 0 fully saturated rings. The fraction of sp³-hybridized carbons (Fsp3) is 0.133. The van der Waals surface area contributed by atoms with Gasteiger partial charge in [0.05, 0.1) is 17.0 Å². The highest BCUT2D eigenvalue weighted by atomic mass is 16.6. The van der Waals surface area contributed by atoms with Crippen molar-refractivity contribution in [2.75, 3.05) is 6.61 Å². The van der Waals surface area contributed by atoms with Gasteiger partial charge >= 0.3 is 0 Å². The van der Waals surface area contributed by atoms with Gasteiger partial charge in [-0.2, -0.15) is 0 Å². The minimum absolute atomic E-state index is 0.0353. The lowest BCUT2D eigenvalue weighted by atomic mass is 9.87. The monoisotopic (exact) mass is 496 g/mol. The van der Waals surface area contributed by atoms with E-state index in [1.54, 1.807) is 12.1 Å². The van der Waals surface area contributed by atoms with Gasteiger partial charge in [0.1, 0.15) is 35.5 Å². The number of rotatable bonds is 2. The number of phenols is 2. The lowest BCUT2D eigenvalue weighted by molar-refractivity contribution is -0.0386. The van der Waals surface area contributed by atoms with Gasteiger partial charge in [-0.25, -0.2) is 0 Å². The molecule has 4 aromatic rings. The van der Waals surface area contributed by atoms with Crippen LogP contribution in [0, 0.1) is 0 Å².